The molecule has 2 aliphatic carbocycles. The summed E-state index contributed by atoms with van der Waals surface area (Å²) >= 11 is 0. The third-order valence-electron chi connectivity index (χ3n) is 6.48. The van der Waals surface area contributed by atoms with Crippen molar-refractivity contribution in [3.8, 4) is 5.75 Å². The highest BCUT2D eigenvalue weighted by Gasteiger charge is 2.52. The topological polar surface area (TPSA) is 61.8 Å². The number of aryl methyl sites for hydroxylation is 1. The normalized spacial score (nSPS) is 29.8. The van der Waals surface area contributed by atoms with Crippen molar-refractivity contribution in [1.82, 2.24) is 0 Å². The van der Waals surface area contributed by atoms with Crippen molar-refractivity contribution >= 4 is 10.1 Å². The highest BCUT2D eigenvalue weighted by molar-refractivity contribution is 7.88. The van der Waals surface area contributed by atoms with Crippen LogP contribution in [0.5, 0.6) is 5.75 Å². The molecule has 0 amide bonds. The Hall–Kier alpha value is -1.32. The number of fused-ring (bicyclic) bond motifs is 3. The first kappa shape index (κ1) is 20.0. The van der Waals surface area contributed by atoms with Crippen LogP contribution in [0.15, 0.2) is 18.2 Å². The van der Waals surface area contributed by atoms with Crippen LogP contribution in [0.25, 0.3) is 0 Å². The van der Waals surface area contributed by atoms with Crippen molar-refractivity contribution < 1.29 is 35.2 Å². The molecule has 0 aromatic heterocycles. The largest absolute Gasteiger partial charge is 0.534 e. The zero-order chi connectivity index (χ0) is 20.2. The third-order valence-corrected chi connectivity index (χ3v) is 7.46. The maximum atomic E-state index is 12.6. The highest BCUT2D eigenvalue weighted by Crippen LogP contribution is 2.53. The van der Waals surface area contributed by atoms with Crippen molar-refractivity contribution in [2.75, 3.05) is 13.2 Å². The molecular formula is C19H23F3O5S. The molecule has 156 valence electrons. The van der Waals surface area contributed by atoms with Gasteiger partial charge in [-0.2, -0.15) is 21.6 Å². The van der Waals surface area contributed by atoms with E-state index >= 15 is 0 Å². The van der Waals surface area contributed by atoms with Gasteiger partial charge >= 0.3 is 15.6 Å². The van der Waals surface area contributed by atoms with Crippen LogP contribution in [0.3, 0.4) is 0 Å². The summed E-state index contributed by atoms with van der Waals surface area (Å²) in [6.07, 6.45) is 4.88. The van der Waals surface area contributed by atoms with Crippen molar-refractivity contribution in [2.45, 2.75) is 62.2 Å². The van der Waals surface area contributed by atoms with Crippen LogP contribution < -0.4 is 4.18 Å². The van der Waals surface area contributed by atoms with Crippen molar-refractivity contribution in [1.29, 1.82) is 0 Å². The minimum Gasteiger partial charge on any atom is -0.376 e. The van der Waals surface area contributed by atoms with Gasteiger partial charge < -0.3 is 13.7 Å². The first-order valence-electron chi connectivity index (χ1n) is 9.47. The molecule has 3 aliphatic rings. The first-order chi connectivity index (χ1) is 13.0. The van der Waals surface area contributed by atoms with E-state index in [1.165, 1.54) is 12.1 Å². The Labute approximate surface area is 162 Å². The summed E-state index contributed by atoms with van der Waals surface area (Å²) in [6.45, 7) is 3.39. The van der Waals surface area contributed by atoms with Crippen molar-refractivity contribution in [3.63, 3.8) is 0 Å². The van der Waals surface area contributed by atoms with E-state index in [1.807, 2.05) is 0 Å². The average molecular weight is 420 g/mol. The van der Waals surface area contributed by atoms with Gasteiger partial charge in [-0.25, -0.2) is 0 Å². The molecule has 0 bridgehead atoms. The monoisotopic (exact) mass is 420 g/mol. The van der Waals surface area contributed by atoms with Gasteiger partial charge in [0.2, 0.25) is 0 Å². The molecular weight excluding hydrogens is 397 g/mol. The summed E-state index contributed by atoms with van der Waals surface area (Å²) in [4.78, 5) is 0. The van der Waals surface area contributed by atoms with E-state index in [1.54, 1.807) is 6.07 Å². The molecule has 1 aliphatic heterocycles. The Morgan fingerprint density at radius 2 is 1.89 bits per heavy atom. The molecule has 0 N–H and O–H groups in total. The highest BCUT2D eigenvalue weighted by atomic mass is 32.2. The maximum Gasteiger partial charge on any atom is 0.534 e. The van der Waals surface area contributed by atoms with Gasteiger partial charge in [0, 0.05) is 12.8 Å². The molecule has 2 fully saturated rings. The van der Waals surface area contributed by atoms with Gasteiger partial charge in [0.05, 0.1) is 13.2 Å². The van der Waals surface area contributed by atoms with E-state index in [4.69, 9.17) is 9.47 Å². The van der Waals surface area contributed by atoms with Crippen LogP contribution in [0.4, 0.5) is 13.2 Å². The summed E-state index contributed by atoms with van der Waals surface area (Å²) in [5.74, 6) is -0.474. The minimum absolute atomic E-state index is 0.159. The SMILES string of the molecule is CC12CCC3(CC1CCCc1cc(OS(=O)(=O)C(F)(F)F)ccc12)OCCO3. The van der Waals surface area contributed by atoms with Crippen molar-refractivity contribution in [3.05, 3.63) is 29.3 Å². The van der Waals surface area contributed by atoms with Crippen LogP contribution in [0.2, 0.25) is 0 Å². The Morgan fingerprint density at radius 1 is 1.18 bits per heavy atom. The molecule has 4 rings (SSSR count). The fourth-order valence-electron chi connectivity index (χ4n) is 4.99. The van der Waals surface area contributed by atoms with E-state index in [9.17, 15) is 21.6 Å². The number of hydrogen-bond acceptors (Lipinski definition) is 5. The summed E-state index contributed by atoms with van der Waals surface area (Å²) in [7, 11) is -5.67. The van der Waals surface area contributed by atoms with E-state index < -0.39 is 21.4 Å². The Morgan fingerprint density at radius 3 is 2.57 bits per heavy atom. The van der Waals surface area contributed by atoms with Gasteiger partial charge in [-0.15, -0.1) is 0 Å². The Balaban J connectivity index is 1.63. The fraction of sp³-hybridized carbons (Fsp3) is 0.684. The van der Waals surface area contributed by atoms with Gasteiger partial charge in [0.15, 0.2) is 5.79 Å². The van der Waals surface area contributed by atoms with Gasteiger partial charge in [-0.3, -0.25) is 0 Å². The second-order valence-corrected chi connectivity index (χ2v) is 9.66. The smallest absolute Gasteiger partial charge is 0.376 e. The molecule has 2 unspecified atom stereocenters. The van der Waals surface area contributed by atoms with Gasteiger partial charge in [0.25, 0.3) is 0 Å². The zero-order valence-corrected chi connectivity index (χ0v) is 16.4. The molecule has 2 atom stereocenters. The lowest BCUT2D eigenvalue weighted by molar-refractivity contribution is -0.198. The lowest BCUT2D eigenvalue weighted by Crippen LogP contribution is -2.47. The van der Waals surface area contributed by atoms with Crippen LogP contribution >= 0.6 is 0 Å². The first-order valence-corrected chi connectivity index (χ1v) is 10.9. The van der Waals surface area contributed by atoms with Crippen LogP contribution in [-0.2, 0) is 31.4 Å². The molecule has 1 saturated carbocycles. The molecule has 28 heavy (non-hydrogen) atoms. The Bertz CT molecular complexity index is 861. The fourth-order valence-corrected chi connectivity index (χ4v) is 5.44. The number of alkyl halides is 3. The molecule has 1 heterocycles. The van der Waals surface area contributed by atoms with Crippen LogP contribution in [0, 0.1) is 5.92 Å². The number of halogens is 3. The number of hydrogen-bond donors (Lipinski definition) is 0. The van der Waals surface area contributed by atoms with Crippen molar-refractivity contribution in [2.24, 2.45) is 5.92 Å². The van der Waals surface area contributed by atoms with E-state index in [0.29, 0.717) is 25.6 Å². The molecule has 1 spiro atoms. The maximum absolute atomic E-state index is 12.6. The van der Waals surface area contributed by atoms with Gasteiger partial charge in [0.1, 0.15) is 5.75 Å². The lowest BCUT2D eigenvalue weighted by Gasteiger charge is -2.48. The second kappa shape index (κ2) is 6.60. The van der Waals surface area contributed by atoms with Crippen LogP contribution in [0.1, 0.15) is 50.2 Å². The summed E-state index contributed by atoms with van der Waals surface area (Å²) in [5.41, 5.74) is -3.70. The number of benzene rings is 1. The molecule has 5 nitrogen and oxygen atoms in total. The van der Waals surface area contributed by atoms with E-state index in [0.717, 1.165) is 43.2 Å². The number of ether oxygens (including phenoxy) is 2. The van der Waals surface area contributed by atoms with Crippen LogP contribution in [-0.4, -0.2) is 32.9 Å². The second-order valence-electron chi connectivity index (χ2n) is 8.12. The Kier molecular flexibility index (Phi) is 4.71. The minimum atomic E-state index is -5.67. The molecule has 1 saturated heterocycles. The predicted octanol–water partition coefficient (Wildman–Crippen LogP) is 4.05. The average Bonchev–Trinajstić information content (AvgIpc) is 3.00. The third kappa shape index (κ3) is 3.31. The quantitative estimate of drug-likeness (QED) is 0.534. The van der Waals surface area contributed by atoms with Gasteiger partial charge in [-0.1, -0.05) is 13.0 Å². The molecule has 0 radical (unpaired) electrons. The summed E-state index contributed by atoms with van der Waals surface area (Å²) in [5, 5.41) is 0. The standard InChI is InChI=1S/C19H23F3O5S/c1-17-7-8-18(25-9-10-26-18)12-14(17)4-2-3-13-11-15(5-6-16(13)17)27-28(23,24)19(20,21)22/h5-6,11,14H,2-4,7-10,12H2,1H3. The molecule has 9 heteroatoms. The van der Waals surface area contributed by atoms with E-state index in [2.05, 4.69) is 11.1 Å². The van der Waals surface area contributed by atoms with E-state index in [-0.39, 0.29) is 11.2 Å². The summed E-state index contributed by atoms with van der Waals surface area (Å²) < 4.78 is 76.6. The molecule has 1 aromatic carbocycles. The zero-order valence-electron chi connectivity index (χ0n) is 15.5. The molecule has 1 aromatic rings. The lowest BCUT2D eigenvalue weighted by atomic mass is 9.61. The van der Waals surface area contributed by atoms with Gasteiger partial charge in [-0.05, 0) is 60.3 Å². The summed E-state index contributed by atoms with van der Waals surface area (Å²) in [6, 6.07) is 4.49. The predicted molar refractivity (Wildman–Crippen MR) is 94.3 cm³/mol. The number of rotatable bonds is 2.